The van der Waals surface area contributed by atoms with Crippen LogP contribution in [0.25, 0.3) is 0 Å². The van der Waals surface area contributed by atoms with Crippen molar-refractivity contribution in [3.63, 3.8) is 0 Å². The van der Waals surface area contributed by atoms with Gasteiger partial charge in [-0.1, -0.05) is 30.3 Å². The van der Waals surface area contributed by atoms with Gasteiger partial charge in [0.15, 0.2) is 5.96 Å². The summed E-state index contributed by atoms with van der Waals surface area (Å²) in [6.07, 6.45) is 1.06. The van der Waals surface area contributed by atoms with Crippen LogP contribution in [0.3, 0.4) is 0 Å². The van der Waals surface area contributed by atoms with Crippen LogP contribution in [0.4, 0.5) is 0 Å². The van der Waals surface area contributed by atoms with Crippen molar-refractivity contribution in [1.29, 1.82) is 0 Å². The van der Waals surface area contributed by atoms with E-state index >= 15 is 0 Å². The molecule has 0 saturated carbocycles. The number of para-hydroxylation sites is 1. The van der Waals surface area contributed by atoms with Crippen molar-refractivity contribution in [1.82, 2.24) is 10.6 Å². The monoisotopic (exact) mass is 525 g/mol. The van der Waals surface area contributed by atoms with Crippen LogP contribution in [0.2, 0.25) is 0 Å². The molecule has 1 saturated heterocycles. The predicted octanol–water partition coefficient (Wildman–Crippen LogP) is 4.04. The fourth-order valence-corrected chi connectivity index (χ4v) is 3.22. The number of rotatable bonds is 8. The zero-order valence-corrected chi connectivity index (χ0v) is 20.3. The maximum atomic E-state index is 6.20. The Hall–Kier alpha value is -2.00. The first-order valence-electron chi connectivity index (χ1n) is 10.2. The molecule has 30 heavy (non-hydrogen) atoms. The lowest BCUT2D eigenvalue weighted by atomic mass is 10.1. The summed E-state index contributed by atoms with van der Waals surface area (Å²) in [4.78, 5) is 4.71. The molecule has 7 heteroatoms. The van der Waals surface area contributed by atoms with Crippen LogP contribution in [0.5, 0.6) is 11.5 Å². The lowest BCUT2D eigenvalue weighted by Crippen LogP contribution is -2.37. The summed E-state index contributed by atoms with van der Waals surface area (Å²) >= 11 is 0. The standard InChI is InChI=1S/C23H31N3O3.HI/c1-4-24-23(25-14-18-7-5-6-8-21(18)27-3)26-15-19-10-9-17(2)13-22(19)29-20-11-12-28-16-20;/h5-10,13,20H,4,11-12,14-16H2,1-3H3,(H2,24,25,26);1H. The molecule has 2 aromatic carbocycles. The Morgan fingerprint density at radius 2 is 1.97 bits per heavy atom. The van der Waals surface area contributed by atoms with Crippen LogP contribution in [0.1, 0.15) is 30.0 Å². The topological polar surface area (TPSA) is 64.1 Å². The number of methoxy groups -OCH3 is 1. The van der Waals surface area contributed by atoms with E-state index in [4.69, 9.17) is 19.2 Å². The lowest BCUT2D eigenvalue weighted by molar-refractivity contribution is 0.140. The van der Waals surface area contributed by atoms with Crippen molar-refractivity contribution < 1.29 is 14.2 Å². The van der Waals surface area contributed by atoms with E-state index in [0.29, 0.717) is 19.7 Å². The number of nitrogens with one attached hydrogen (secondary N) is 2. The fourth-order valence-electron chi connectivity index (χ4n) is 3.22. The minimum atomic E-state index is 0. The maximum absolute atomic E-state index is 6.20. The number of halogens is 1. The molecule has 2 aromatic rings. The van der Waals surface area contributed by atoms with E-state index in [9.17, 15) is 0 Å². The third-order valence-electron chi connectivity index (χ3n) is 4.79. The van der Waals surface area contributed by atoms with Crippen molar-refractivity contribution in [3.05, 3.63) is 59.2 Å². The summed E-state index contributed by atoms with van der Waals surface area (Å²) in [5.41, 5.74) is 3.33. The van der Waals surface area contributed by atoms with E-state index in [1.54, 1.807) is 7.11 Å². The Balaban J connectivity index is 0.00000320. The molecule has 0 radical (unpaired) electrons. The third-order valence-corrected chi connectivity index (χ3v) is 4.79. The molecule has 1 heterocycles. The second-order valence-corrected chi connectivity index (χ2v) is 7.08. The summed E-state index contributed by atoms with van der Waals surface area (Å²) in [6.45, 7) is 7.51. The van der Waals surface area contributed by atoms with Gasteiger partial charge in [-0.25, -0.2) is 4.99 Å². The van der Waals surface area contributed by atoms with Crippen molar-refractivity contribution in [2.24, 2.45) is 4.99 Å². The highest BCUT2D eigenvalue weighted by molar-refractivity contribution is 14.0. The maximum Gasteiger partial charge on any atom is 0.191 e. The van der Waals surface area contributed by atoms with E-state index in [1.807, 2.05) is 24.3 Å². The number of guanidine groups is 1. The van der Waals surface area contributed by atoms with Crippen LogP contribution in [-0.4, -0.2) is 38.9 Å². The molecule has 1 fully saturated rings. The minimum absolute atomic E-state index is 0. The minimum Gasteiger partial charge on any atom is -0.496 e. The first-order chi connectivity index (χ1) is 14.2. The summed E-state index contributed by atoms with van der Waals surface area (Å²) in [5.74, 6) is 2.52. The molecule has 164 valence electrons. The number of aryl methyl sites for hydroxylation is 1. The molecule has 6 nitrogen and oxygen atoms in total. The molecule has 0 aliphatic carbocycles. The van der Waals surface area contributed by atoms with Gasteiger partial charge in [0.2, 0.25) is 0 Å². The van der Waals surface area contributed by atoms with Gasteiger partial charge in [-0.05, 0) is 31.5 Å². The van der Waals surface area contributed by atoms with Crippen molar-refractivity contribution in [3.8, 4) is 11.5 Å². The molecule has 1 atom stereocenters. The van der Waals surface area contributed by atoms with Crippen LogP contribution in [0, 0.1) is 6.92 Å². The third kappa shape index (κ3) is 7.05. The van der Waals surface area contributed by atoms with Crippen LogP contribution in [-0.2, 0) is 17.8 Å². The number of nitrogens with zero attached hydrogens (tertiary/aromatic N) is 1. The second-order valence-electron chi connectivity index (χ2n) is 7.08. The largest absolute Gasteiger partial charge is 0.496 e. The quantitative estimate of drug-likeness (QED) is 0.310. The molecule has 1 unspecified atom stereocenters. The number of aliphatic imine (C=N–C) groups is 1. The van der Waals surface area contributed by atoms with Gasteiger partial charge in [-0.2, -0.15) is 0 Å². The highest BCUT2D eigenvalue weighted by Gasteiger charge is 2.18. The van der Waals surface area contributed by atoms with Gasteiger partial charge in [-0.3, -0.25) is 0 Å². The van der Waals surface area contributed by atoms with Gasteiger partial charge in [0.25, 0.3) is 0 Å². The smallest absolute Gasteiger partial charge is 0.191 e. The summed E-state index contributed by atoms with van der Waals surface area (Å²) in [6, 6.07) is 14.2. The number of hydrogen-bond donors (Lipinski definition) is 2. The molecular weight excluding hydrogens is 493 g/mol. The Morgan fingerprint density at radius 3 is 2.70 bits per heavy atom. The second kappa shape index (κ2) is 12.6. The van der Waals surface area contributed by atoms with Gasteiger partial charge in [0.05, 0.1) is 26.9 Å². The van der Waals surface area contributed by atoms with Crippen LogP contribution in [0.15, 0.2) is 47.5 Å². The van der Waals surface area contributed by atoms with Gasteiger partial charge in [-0.15, -0.1) is 24.0 Å². The molecule has 0 bridgehead atoms. The predicted molar refractivity (Wildman–Crippen MR) is 131 cm³/mol. The summed E-state index contributed by atoms with van der Waals surface area (Å²) in [7, 11) is 1.68. The molecule has 0 spiro atoms. The fraction of sp³-hybridized carbons (Fsp3) is 0.435. The SMILES string of the molecule is CCNC(=NCc1ccccc1OC)NCc1ccc(C)cc1OC1CCOC1.I. The van der Waals surface area contributed by atoms with Gasteiger partial charge >= 0.3 is 0 Å². The highest BCUT2D eigenvalue weighted by Crippen LogP contribution is 2.24. The molecule has 0 aromatic heterocycles. The van der Waals surface area contributed by atoms with Crippen LogP contribution < -0.4 is 20.1 Å². The molecular formula is C23H32IN3O3. The molecule has 0 amide bonds. The van der Waals surface area contributed by atoms with Gasteiger partial charge in [0.1, 0.15) is 17.6 Å². The highest BCUT2D eigenvalue weighted by atomic mass is 127. The van der Waals surface area contributed by atoms with E-state index in [2.05, 4.69) is 42.7 Å². The van der Waals surface area contributed by atoms with E-state index in [-0.39, 0.29) is 30.1 Å². The van der Waals surface area contributed by atoms with Crippen LogP contribution >= 0.6 is 24.0 Å². The first kappa shape index (κ1) is 24.3. The number of hydrogen-bond acceptors (Lipinski definition) is 4. The summed E-state index contributed by atoms with van der Waals surface area (Å²) < 4.78 is 17.1. The number of benzene rings is 2. The summed E-state index contributed by atoms with van der Waals surface area (Å²) in [5, 5.41) is 6.72. The van der Waals surface area contributed by atoms with Crippen molar-refractivity contribution >= 4 is 29.9 Å². The Morgan fingerprint density at radius 1 is 1.13 bits per heavy atom. The molecule has 3 rings (SSSR count). The van der Waals surface area contributed by atoms with E-state index < -0.39 is 0 Å². The van der Waals surface area contributed by atoms with Gasteiger partial charge in [0, 0.05) is 30.6 Å². The lowest BCUT2D eigenvalue weighted by Gasteiger charge is -2.18. The van der Waals surface area contributed by atoms with Gasteiger partial charge < -0.3 is 24.8 Å². The number of ether oxygens (including phenoxy) is 3. The Bertz CT molecular complexity index is 823. The molecule has 1 aliphatic rings. The average Bonchev–Trinajstić information content (AvgIpc) is 3.24. The zero-order chi connectivity index (χ0) is 20.5. The van der Waals surface area contributed by atoms with Crippen molar-refractivity contribution in [2.45, 2.75) is 39.5 Å². The molecule has 2 N–H and O–H groups in total. The first-order valence-corrected chi connectivity index (χ1v) is 10.2. The van der Waals surface area contributed by atoms with Crippen molar-refractivity contribution in [2.75, 3.05) is 26.9 Å². The zero-order valence-electron chi connectivity index (χ0n) is 17.9. The average molecular weight is 525 g/mol. The Kier molecular flexibility index (Phi) is 10.2. The Labute approximate surface area is 196 Å². The molecule has 1 aliphatic heterocycles. The van der Waals surface area contributed by atoms with E-state index in [0.717, 1.165) is 48.2 Å². The van der Waals surface area contributed by atoms with E-state index in [1.165, 1.54) is 5.56 Å². The normalized spacial score (nSPS) is 16.0.